The molecule has 1 aromatic carbocycles. The third-order valence-corrected chi connectivity index (χ3v) is 5.30. The molecule has 5 rings (SSSR count). The number of oxazole rings is 1. The molecular weight excluding hydrogens is 449 g/mol. The number of hydrogen-bond donors (Lipinski definition) is 2. The number of amides is 1. The van der Waals surface area contributed by atoms with Crippen molar-refractivity contribution in [2.45, 2.75) is 19.3 Å². The summed E-state index contributed by atoms with van der Waals surface area (Å²) in [7, 11) is 0. The van der Waals surface area contributed by atoms with Gasteiger partial charge in [-0.15, -0.1) is 0 Å². The maximum absolute atomic E-state index is 13.5. The second kappa shape index (κ2) is 9.00. The van der Waals surface area contributed by atoms with Crippen LogP contribution in [0.5, 0.6) is 0 Å². The number of anilines is 2. The van der Waals surface area contributed by atoms with E-state index in [1.54, 1.807) is 18.3 Å². The van der Waals surface area contributed by atoms with Gasteiger partial charge in [-0.3, -0.25) is 4.79 Å². The summed E-state index contributed by atoms with van der Waals surface area (Å²) in [6, 6.07) is 8.58. The third-order valence-electron chi connectivity index (χ3n) is 5.30. The van der Waals surface area contributed by atoms with Crippen molar-refractivity contribution in [2.75, 3.05) is 17.2 Å². The van der Waals surface area contributed by atoms with E-state index in [0.29, 0.717) is 23.0 Å². The molecule has 0 bridgehead atoms. The van der Waals surface area contributed by atoms with Gasteiger partial charge in [-0.1, -0.05) is 0 Å². The molecule has 11 heteroatoms. The van der Waals surface area contributed by atoms with Crippen LogP contribution in [0.1, 0.15) is 35.4 Å². The Morgan fingerprint density at radius 3 is 2.74 bits per heavy atom. The number of rotatable bonds is 8. The van der Waals surface area contributed by atoms with Crippen molar-refractivity contribution >= 4 is 17.4 Å². The van der Waals surface area contributed by atoms with E-state index in [9.17, 15) is 18.0 Å². The summed E-state index contributed by atoms with van der Waals surface area (Å²) in [4.78, 5) is 21.1. The molecule has 0 radical (unpaired) electrons. The molecule has 174 valence electrons. The van der Waals surface area contributed by atoms with E-state index >= 15 is 0 Å². The summed E-state index contributed by atoms with van der Waals surface area (Å²) in [5, 5.41) is 9.48. The number of aromatic nitrogens is 4. The number of carbonyl (C=O) groups is 1. The second-order valence-electron chi connectivity index (χ2n) is 7.90. The largest absolute Gasteiger partial charge is 0.444 e. The summed E-state index contributed by atoms with van der Waals surface area (Å²) in [5.74, 6) is 0.326. The van der Waals surface area contributed by atoms with E-state index in [4.69, 9.17) is 4.42 Å². The highest BCUT2D eigenvalue weighted by Gasteiger charge is 2.23. The molecule has 1 aliphatic carbocycles. The predicted octanol–water partition coefficient (Wildman–Crippen LogP) is 5.07. The molecule has 0 spiro atoms. The number of halogens is 3. The Bertz CT molecular complexity index is 1310. The molecule has 1 fully saturated rings. The lowest BCUT2D eigenvalue weighted by atomic mass is 10.2. The number of hydrogen-bond acceptors (Lipinski definition) is 6. The van der Waals surface area contributed by atoms with E-state index in [1.807, 2.05) is 0 Å². The quantitative estimate of drug-likeness (QED) is 0.375. The van der Waals surface area contributed by atoms with Gasteiger partial charge in [0.2, 0.25) is 5.89 Å². The van der Waals surface area contributed by atoms with E-state index in [-0.39, 0.29) is 17.3 Å². The molecule has 0 unspecified atom stereocenters. The molecule has 4 aromatic rings. The lowest BCUT2D eigenvalue weighted by molar-refractivity contribution is 0.102. The van der Waals surface area contributed by atoms with Gasteiger partial charge in [0.15, 0.2) is 11.4 Å². The third kappa shape index (κ3) is 4.77. The van der Waals surface area contributed by atoms with Gasteiger partial charge in [0.25, 0.3) is 12.3 Å². The standard InChI is InChI=1S/C23H19F3N6O2/c24-15-3-5-16(6-4-15)32-11-17(20(31-32)21(25)26)29-22(33)18-12-34-23(30-18)14-7-8-27-19(9-14)28-10-13-1-2-13/h3-9,11-13,21H,1-2,10H2,(H,27,28)(H,29,33). The van der Waals surface area contributed by atoms with Crippen molar-refractivity contribution in [3.8, 4) is 17.1 Å². The minimum Gasteiger partial charge on any atom is -0.444 e. The fraction of sp³-hybridized carbons (Fsp3) is 0.217. The number of pyridine rings is 1. The molecule has 3 heterocycles. The van der Waals surface area contributed by atoms with Crippen molar-refractivity contribution in [2.24, 2.45) is 5.92 Å². The Hall–Kier alpha value is -4.15. The van der Waals surface area contributed by atoms with Gasteiger partial charge >= 0.3 is 0 Å². The Kier molecular flexibility index (Phi) is 5.74. The Balaban J connectivity index is 1.33. The van der Waals surface area contributed by atoms with Crippen molar-refractivity contribution in [1.82, 2.24) is 19.7 Å². The van der Waals surface area contributed by atoms with Crippen LogP contribution in [0.15, 0.2) is 59.5 Å². The number of nitrogens with zero attached hydrogens (tertiary/aromatic N) is 4. The zero-order valence-electron chi connectivity index (χ0n) is 17.7. The first-order chi connectivity index (χ1) is 16.5. The van der Waals surface area contributed by atoms with Crippen LogP contribution in [-0.4, -0.2) is 32.2 Å². The first kappa shape index (κ1) is 21.7. The zero-order chi connectivity index (χ0) is 23.7. The maximum Gasteiger partial charge on any atom is 0.284 e. The SMILES string of the molecule is O=C(Nc1cn(-c2ccc(F)cc2)nc1C(F)F)c1coc(-c2ccnc(NCC3CC3)c2)n1. The molecule has 3 aromatic heterocycles. The second-order valence-corrected chi connectivity index (χ2v) is 7.90. The fourth-order valence-corrected chi connectivity index (χ4v) is 3.30. The molecule has 0 saturated heterocycles. The predicted molar refractivity (Wildman–Crippen MR) is 117 cm³/mol. The van der Waals surface area contributed by atoms with Gasteiger partial charge in [-0.2, -0.15) is 5.10 Å². The fourth-order valence-electron chi connectivity index (χ4n) is 3.30. The van der Waals surface area contributed by atoms with Crippen LogP contribution in [0.2, 0.25) is 0 Å². The summed E-state index contributed by atoms with van der Waals surface area (Å²) in [6.07, 6.45) is 3.46. The Morgan fingerprint density at radius 1 is 1.21 bits per heavy atom. The summed E-state index contributed by atoms with van der Waals surface area (Å²) < 4.78 is 46.8. The van der Waals surface area contributed by atoms with Gasteiger partial charge in [0.05, 0.1) is 17.6 Å². The van der Waals surface area contributed by atoms with Crippen molar-refractivity contribution in [3.63, 3.8) is 0 Å². The first-order valence-electron chi connectivity index (χ1n) is 10.6. The van der Waals surface area contributed by atoms with Gasteiger partial charge in [-0.25, -0.2) is 27.8 Å². The normalized spacial score (nSPS) is 13.3. The van der Waals surface area contributed by atoms with Crippen LogP contribution < -0.4 is 10.6 Å². The monoisotopic (exact) mass is 468 g/mol. The highest BCUT2D eigenvalue weighted by molar-refractivity contribution is 6.03. The lowest BCUT2D eigenvalue weighted by Gasteiger charge is -2.04. The van der Waals surface area contributed by atoms with E-state index < -0.39 is 23.8 Å². The van der Waals surface area contributed by atoms with Crippen molar-refractivity contribution in [3.05, 3.63) is 72.3 Å². The Labute approximate surface area is 191 Å². The molecule has 34 heavy (non-hydrogen) atoms. The van der Waals surface area contributed by atoms with Crippen LogP contribution in [-0.2, 0) is 0 Å². The molecule has 0 atom stereocenters. The van der Waals surface area contributed by atoms with Crippen LogP contribution in [0.3, 0.4) is 0 Å². The van der Waals surface area contributed by atoms with E-state index in [1.165, 1.54) is 43.3 Å². The molecule has 8 nitrogen and oxygen atoms in total. The van der Waals surface area contributed by atoms with Gasteiger partial charge in [0, 0.05) is 18.3 Å². The van der Waals surface area contributed by atoms with Crippen molar-refractivity contribution < 1.29 is 22.4 Å². The number of benzene rings is 1. The van der Waals surface area contributed by atoms with Gasteiger partial charge in [0.1, 0.15) is 17.9 Å². The number of alkyl halides is 2. The summed E-state index contributed by atoms with van der Waals surface area (Å²) >= 11 is 0. The highest BCUT2D eigenvalue weighted by Crippen LogP contribution is 2.30. The number of nitrogens with one attached hydrogen (secondary N) is 2. The van der Waals surface area contributed by atoms with Crippen molar-refractivity contribution in [1.29, 1.82) is 0 Å². The van der Waals surface area contributed by atoms with E-state index in [0.717, 1.165) is 17.5 Å². The summed E-state index contributed by atoms with van der Waals surface area (Å²) in [5.41, 5.74) is 0.0707. The Morgan fingerprint density at radius 2 is 2.00 bits per heavy atom. The van der Waals surface area contributed by atoms with Crippen LogP contribution >= 0.6 is 0 Å². The average molecular weight is 468 g/mol. The zero-order valence-corrected chi connectivity index (χ0v) is 17.7. The highest BCUT2D eigenvalue weighted by atomic mass is 19.3. The number of carbonyl (C=O) groups excluding carboxylic acids is 1. The van der Waals surface area contributed by atoms with Gasteiger partial charge in [-0.05, 0) is 55.2 Å². The summed E-state index contributed by atoms with van der Waals surface area (Å²) in [6.45, 7) is 0.841. The van der Waals surface area contributed by atoms with Crippen LogP contribution in [0.25, 0.3) is 17.1 Å². The van der Waals surface area contributed by atoms with Crippen LogP contribution in [0, 0.1) is 11.7 Å². The smallest absolute Gasteiger partial charge is 0.284 e. The van der Waals surface area contributed by atoms with Gasteiger partial charge < -0.3 is 15.1 Å². The minimum atomic E-state index is -2.94. The van der Waals surface area contributed by atoms with E-state index in [2.05, 4.69) is 25.7 Å². The molecular formula is C23H19F3N6O2. The molecule has 1 saturated carbocycles. The lowest BCUT2D eigenvalue weighted by Crippen LogP contribution is -2.13. The molecule has 1 amide bonds. The average Bonchev–Trinajstić information content (AvgIpc) is 3.35. The molecule has 1 aliphatic rings. The molecule has 0 aliphatic heterocycles. The molecule has 2 N–H and O–H groups in total. The minimum absolute atomic E-state index is 0.0888. The topological polar surface area (TPSA) is 97.9 Å². The first-order valence-corrected chi connectivity index (χ1v) is 10.6. The maximum atomic E-state index is 13.5. The van der Waals surface area contributed by atoms with Crippen LogP contribution in [0.4, 0.5) is 24.7 Å².